The standard InChI is InChI=1S/C17H22N4O3S/c1-2-15-18-19-17(24-15)21-10-8-20(9-11-21)16(23)7-3-5-13(22)14-6-4-12-25-14/h4,6,12H,2-3,5,7-11H2,1H3. The van der Waals surface area contributed by atoms with Gasteiger partial charge in [0.2, 0.25) is 11.8 Å². The number of hydrogen-bond donors (Lipinski definition) is 0. The van der Waals surface area contributed by atoms with Crippen LogP contribution in [0.4, 0.5) is 6.01 Å². The lowest BCUT2D eigenvalue weighted by molar-refractivity contribution is -0.131. The topological polar surface area (TPSA) is 79.5 Å². The number of thiophene rings is 1. The first-order valence-corrected chi connectivity index (χ1v) is 9.47. The van der Waals surface area contributed by atoms with Crippen LogP contribution >= 0.6 is 11.3 Å². The predicted octanol–water partition coefficient (Wildman–Crippen LogP) is 2.40. The molecule has 0 aliphatic carbocycles. The van der Waals surface area contributed by atoms with E-state index in [4.69, 9.17) is 4.42 Å². The summed E-state index contributed by atoms with van der Waals surface area (Å²) in [5.74, 6) is 0.859. The molecule has 7 nitrogen and oxygen atoms in total. The smallest absolute Gasteiger partial charge is 0.318 e. The van der Waals surface area contributed by atoms with Crippen LogP contribution in [0.5, 0.6) is 0 Å². The Hall–Kier alpha value is -2.22. The first-order chi connectivity index (χ1) is 12.2. The van der Waals surface area contributed by atoms with Crippen LogP contribution in [0.15, 0.2) is 21.9 Å². The molecule has 0 aromatic carbocycles. The second kappa shape index (κ2) is 8.24. The molecule has 1 aliphatic rings. The Kier molecular flexibility index (Phi) is 5.80. The van der Waals surface area contributed by atoms with Crippen LogP contribution in [-0.2, 0) is 11.2 Å². The first kappa shape index (κ1) is 17.6. The van der Waals surface area contributed by atoms with E-state index in [0.29, 0.717) is 57.3 Å². The molecule has 0 atom stereocenters. The molecule has 0 radical (unpaired) electrons. The molecule has 25 heavy (non-hydrogen) atoms. The predicted molar refractivity (Wildman–Crippen MR) is 95.0 cm³/mol. The number of amides is 1. The van der Waals surface area contributed by atoms with Crippen molar-refractivity contribution in [2.24, 2.45) is 0 Å². The number of rotatable bonds is 7. The number of ketones is 1. The second-order valence-electron chi connectivity index (χ2n) is 5.95. The highest BCUT2D eigenvalue weighted by molar-refractivity contribution is 7.12. The summed E-state index contributed by atoms with van der Waals surface area (Å²) < 4.78 is 5.56. The van der Waals surface area contributed by atoms with Gasteiger partial charge in [0.25, 0.3) is 0 Å². The Bertz CT molecular complexity index is 705. The minimum Gasteiger partial charge on any atom is -0.408 e. The minimum atomic E-state index is 0.110. The number of nitrogens with zero attached hydrogens (tertiary/aromatic N) is 4. The van der Waals surface area contributed by atoms with Crippen molar-refractivity contribution < 1.29 is 14.0 Å². The van der Waals surface area contributed by atoms with Crippen molar-refractivity contribution in [3.8, 4) is 0 Å². The normalized spacial score (nSPS) is 14.8. The van der Waals surface area contributed by atoms with Crippen molar-refractivity contribution in [2.75, 3.05) is 31.1 Å². The molecule has 2 aromatic heterocycles. The van der Waals surface area contributed by atoms with Crippen molar-refractivity contribution in [3.05, 3.63) is 28.3 Å². The van der Waals surface area contributed by atoms with E-state index in [9.17, 15) is 9.59 Å². The number of carbonyl (C=O) groups is 2. The number of Topliss-reactive ketones (excluding diaryl/α,β-unsaturated/α-hetero) is 1. The Morgan fingerprint density at radius 1 is 1.20 bits per heavy atom. The van der Waals surface area contributed by atoms with Crippen LogP contribution in [0, 0.1) is 0 Å². The highest BCUT2D eigenvalue weighted by atomic mass is 32.1. The van der Waals surface area contributed by atoms with E-state index in [2.05, 4.69) is 10.2 Å². The molecule has 3 rings (SSSR count). The molecule has 1 fully saturated rings. The molecule has 1 saturated heterocycles. The molecule has 3 heterocycles. The molecule has 0 saturated carbocycles. The third-order valence-corrected chi connectivity index (χ3v) is 5.16. The molecular weight excluding hydrogens is 340 g/mol. The Morgan fingerprint density at radius 2 is 2.00 bits per heavy atom. The van der Waals surface area contributed by atoms with E-state index >= 15 is 0 Å². The summed E-state index contributed by atoms with van der Waals surface area (Å²) in [7, 11) is 0. The van der Waals surface area contributed by atoms with Gasteiger partial charge in [0.05, 0.1) is 4.88 Å². The van der Waals surface area contributed by atoms with Gasteiger partial charge in [0, 0.05) is 45.4 Å². The van der Waals surface area contributed by atoms with Crippen LogP contribution in [0.25, 0.3) is 0 Å². The molecule has 8 heteroatoms. The Morgan fingerprint density at radius 3 is 2.64 bits per heavy atom. The largest absolute Gasteiger partial charge is 0.408 e. The molecule has 0 unspecified atom stereocenters. The fourth-order valence-corrected chi connectivity index (χ4v) is 3.48. The van der Waals surface area contributed by atoms with Gasteiger partial charge in [-0.25, -0.2) is 0 Å². The fraction of sp³-hybridized carbons (Fsp3) is 0.529. The summed E-state index contributed by atoms with van der Waals surface area (Å²) in [6.45, 7) is 4.62. The summed E-state index contributed by atoms with van der Waals surface area (Å²) in [6.07, 6.45) is 2.15. The second-order valence-corrected chi connectivity index (χ2v) is 6.90. The zero-order valence-corrected chi connectivity index (χ0v) is 15.1. The maximum absolute atomic E-state index is 12.3. The van der Waals surface area contributed by atoms with Gasteiger partial charge in [-0.1, -0.05) is 18.1 Å². The van der Waals surface area contributed by atoms with E-state index in [1.54, 1.807) is 0 Å². The summed E-state index contributed by atoms with van der Waals surface area (Å²) in [5.41, 5.74) is 0. The van der Waals surface area contributed by atoms with E-state index in [1.165, 1.54) is 11.3 Å². The number of hydrogen-bond acceptors (Lipinski definition) is 7. The highest BCUT2D eigenvalue weighted by Gasteiger charge is 2.24. The van der Waals surface area contributed by atoms with Crippen molar-refractivity contribution in [3.63, 3.8) is 0 Å². The van der Waals surface area contributed by atoms with E-state index < -0.39 is 0 Å². The SMILES string of the molecule is CCc1nnc(N2CCN(C(=O)CCCC(=O)c3cccs3)CC2)o1. The average Bonchev–Trinajstić information content (AvgIpc) is 3.33. The van der Waals surface area contributed by atoms with Crippen molar-refractivity contribution in [1.82, 2.24) is 15.1 Å². The summed E-state index contributed by atoms with van der Waals surface area (Å²) in [6, 6.07) is 4.23. The zero-order valence-electron chi connectivity index (χ0n) is 14.3. The molecule has 1 aliphatic heterocycles. The third kappa shape index (κ3) is 4.45. The maximum Gasteiger partial charge on any atom is 0.318 e. The van der Waals surface area contributed by atoms with E-state index in [-0.39, 0.29) is 11.7 Å². The van der Waals surface area contributed by atoms with Crippen LogP contribution in [0.1, 0.15) is 41.7 Å². The highest BCUT2D eigenvalue weighted by Crippen LogP contribution is 2.17. The van der Waals surface area contributed by atoms with Crippen LogP contribution in [0.3, 0.4) is 0 Å². The summed E-state index contributed by atoms with van der Waals surface area (Å²) in [4.78, 5) is 28.9. The van der Waals surface area contributed by atoms with Crippen LogP contribution in [0.2, 0.25) is 0 Å². The number of piperazine rings is 1. The van der Waals surface area contributed by atoms with Crippen molar-refractivity contribution in [1.29, 1.82) is 0 Å². The van der Waals surface area contributed by atoms with Gasteiger partial charge in [-0.2, -0.15) is 0 Å². The van der Waals surface area contributed by atoms with Crippen molar-refractivity contribution in [2.45, 2.75) is 32.6 Å². The lowest BCUT2D eigenvalue weighted by atomic mass is 10.1. The van der Waals surface area contributed by atoms with Crippen molar-refractivity contribution >= 4 is 29.0 Å². The first-order valence-electron chi connectivity index (χ1n) is 8.59. The van der Waals surface area contributed by atoms with Gasteiger partial charge < -0.3 is 14.2 Å². The fourth-order valence-electron chi connectivity index (χ4n) is 2.78. The minimum absolute atomic E-state index is 0.110. The van der Waals surface area contributed by atoms with Gasteiger partial charge in [0.15, 0.2) is 5.78 Å². The number of carbonyl (C=O) groups excluding carboxylic acids is 2. The monoisotopic (exact) mass is 362 g/mol. The van der Waals surface area contributed by atoms with Gasteiger partial charge in [-0.15, -0.1) is 16.4 Å². The molecule has 134 valence electrons. The maximum atomic E-state index is 12.3. The quantitative estimate of drug-likeness (QED) is 0.704. The summed E-state index contributed by atoms with van der Waals surface area (Å²) >= 11 is 1.45. The van der Waals surface area contributed by atoms with Crippen LogP contribution < -0.4 is 4.90 Å². The van der Waals surface area contributed by atoms with Gasteiger partial charge in [-0.05, 0) is 17.9 Å². The van der Waals surface area contributed by atoms with E-state index in [0.717, 1.165) is 11.3 Å². The number of anilines is 1. The Balaban J connectivity index is 1.40. The van der Waals surface area contributed by atoms with Gasteiger partial charge in [0.1, 0.15) is 0 Å². The molecule has 0 spiro atoms. The summed E-state index contributed by atoms with van der Waals surface area (Å²) in [5, 5.41) is 9.91. The number of aryl methyl sites for hydroxylation is 1. The molecular formula is C17H22N4O3S. The zero-order chi connectivity index (χ0) is 17.6. The lowest BCUT2D eigenvalue weighted by Gasteiger charge is -2.33. The third-order valence-electron chi connectivity index (χ3n) is 4.25. The molecule has 2 aromatic rings. The number of aromatic nitrogens is 2. The average molecular weight is 362 g/mol. The van der Waals surface area contributed by atoms with Crippen LogP contribution in [-0.4, -0.2) is 53.0 Å². The Labute approximate surface area is 150 Å². The van der Waals surface area contributed by atoms with Gasteiger partial charge >= 0.3 is 6.01 Å². The molecule has 0 bridgehead atoms. The molecule has 0 N–H and O–H groups in total. The van der Waals surface area contributed by atoms with Gasteiger partial charge in [-0.3, -0.25) is 9.59 Å². The lowest BCUT2D eigenvalue weighted by Crippen LogP contribution is -2.48. The molecule has 1 amide bonds. The van der Waals surface area contributed by atoms with E-state index in [1.807, 2.05) is 34.2 Å².